The van der Waals surface area contributed by atoms with Crippen LogP contribution >= 0.6 is 0 Å². The van der Waals surface area contributed by atoms with Gasteiger partial charge in [0, 0.05) is 12.1 Å². The summed E-state index contributed by atoms with van der Waals surface area (Å²) in [7, 11) is -4.61. The average molecular weight is 339 g/mol. The number of rotatable bonds is 6. The van der Waals surface area contributed by atoms with Crippen LogP contribution in [0.25, 0.3) is 0 Å². The van der Waals surface area contributed by atoms with Gasteiger partial charge in [-0.2, -0.15) is 8.78 Å². The van der Waals surface area contributed by atoms with Crippen LogP contribution in [0.4, 0.5) is 14.5 Å². The molecule has 0 aliphatic rings. The Bertz CT molecular complexity index is 760. The molecule has 0 radical (unpaired) electrons. The third kappa shape index (κ3) is 4.59. The van der Waals surface area contributed by atoms with Gasteiger partial charge in [-0.25, -0.2) is 8.42 Å². The van der Waals surface area contributed by atoms with E-state index >= 15 is 0 Å². The second-order valence-electron chi connectivity index (χ2n) is 4.86. The van der Waals surface area contributed by atoms with Gasteiger partial charge < -0.3 is 5.32 Å². The number of amides is 1. The van der Waals surface area contributed by atoms with Crippen molar-refractivity contribution in [1.29, 1.82) is 0 Å². The van der Waals surface area contributed by atoms with Crippen LogP contribution in [-0.2, 0) is 21.1 Å². The fraction of sp³-hybridized carbons (Fsp3) is 0.188. The smallest absolute Gasteiger partial charge is 0.326 e. The quantitative estimate of drug-likeness (QED) is 0.879. The highest BCUT2D eigenvalue weighted by Gasteiger charge is 2.26. The van der Waals surface area contributed by atoms with Crippen LogP contribution in [0.15, 0.2) is 59.5 Å². The molecule has 2 aromatic rings. The zero-order valence-corrected chi connectivity index (χ0v) is 12.9. The van der Waals surface area contributed by atoms with Crippen molar-refractivity contribution < 1.29 is 22.0 Å². The minimum absolute atomic E-state index is 0.238. The summed E-state index contributed by atoms with van der Waals surface area (Å²) in [5.74, 6) is -3.70. The zero-order chi connectivity index (χ0) is 16.9. The number of benzene rings is 2. The van der Waals surface area contributed by atoms with Gasteiger partial charge in [0.1, 0.15) is 0 Å². The molecule has 0 heterocycles. The van der Waals surface area contributed by atoms with Gasteiger partial charge in [0.2, 0.25) is 15.7 Å². The molecule has 1 amide bonds. The van der Waals surface area contributed by atoms with Crippen LogP contribution < -0.4 is 5.32 Å². The Morgan fingerprint density at radius 2 is 1.61 bits per heavy atom. The van der Waals surface area contributed by atoms with Crippen molar-refractivity contribution in [3.05, 3.63) is 60.2 Å². The molecule has 0 spiro atoms. The molecular weight excluding hydrogens is 324 g/mol. The predicted molar refractivity (Wildman–Crippen MR) is 83.0 cm³/mol. The average Bonchev–Trinajstić information content (AvgIpc) is 2.54. The van der Waals surface area contributed by atoms with Crippen molar-refractivity contribution in [1.82, 2.24) is 0 Å². The lowest BCUT2D eigenvalue weighted by Gasteiger charge is -2.07. The predicted octanol–water partition coefficient (Wildman–Crippen LogP) is 3.25. The molecule has 0 aromatic heterocycles. The van der Waals surface area contributed by atoms with Crippen LogP contribution in [0.5, 0.6) is 0 Å². The first-order chi connectivity index (χ1) is 10.9. The number of hydrogen-bond acceptors (Lipinski definition) is 3. The number of carbonyl (C=O) groups is 1. The van der Waals surface area contributed by atoms with E-state index in [4.69, 9.17) is 0 Å². The lowest BCUT2D eigenvalue weighted by atomic mass is 10.1. The molecule has 0 aliphatic carbocycles. The van der Waals surface area contributed by atoms with Crippen molar-refractivity contribution in [2.75, 3.05) is 5.32 Å². The van der Waals surface area contributed by atoms with Gasteiger partial charge >= 0.3 is 5.76 Å². The Kier molecular flexibility index (Phi) is 5.44. The molecule has 4 nitrogen and oxygen atoms in total. The van der Waals surface area contributed by atoms with Crippen molar-refractivity contribution in [2.24, 2.45) is 0 Å². The molecule has 1 N–H and O–H groups in total. The van der Waals surface area contributed by atoms with Crippen LogP contribution in [-0.4, -0.2) is 20.1 Å². The highest BCUT2D eigenvalue weighted by molar-refractivity contribution is 7.91. The first kappa shape index (κ1) is 17.1. The van der Waals surface area contributed by atoms with Gasteiger partial charge in [-0.05, 0) is 36.2 Å². The number of aryl methyl sites for hydroxylation is 1. The maximum atomic E-state index is 12.4. The Hall–Kier alpha value is -2.28. The summed E-state index contributed by atoms with van der Waals surface area (Å²) in [5, 5.41) is 2.60. The van der Waals surface area contributed by atoms with Gasteiger partial charge in [0.05, 0.1) is 4.90 Å². The van der Waals surface area contributed by atoms with E-state index in [1.165, 1.54) is 12.1 Å². The zero-order valence-electron chi connectivity index (χ0n) is 12.1. The third-order valence-electron chi connectivity index (χ3n) is 3.18. The van der Waals surface area contributed by atoms with E-state index in [0.29, 0.717) is 12.1 Å². The minimum atomic E-state index is -4.61. The fourth-order valence-electron chi connectivity index (χ4n) is 1.96. The second-order valence-corrected chi connectivity index (χ2v) is 6.78. The second kappa shape index (κ2) is 7.32. The first-order valence-electron chi connectivity index (χ1n) is 6.85. The topological polar surface area (TPSA) is 63.2 Å². The molecule has 0 saturated heterocycles. The number of halogens is 2. The van der Waals surface area contributed by atoms with Gasteiger partial charge in [0.25, 0.3) is 0 Å². The summed E-state index contributed by atoms with van der Waals surface area (Å²) in [6, 6.07) is 14.2. The van der Waals surface area contributed by atoms with Crippen molar-refractivity contribution in [3.8, 4) is 0 Å². The lowest BCUT2D eigenvalue weighted by molar-refractivity contribution is -0.116. The van der Waals surface area contributed by atoms with Gasteiger partial charge in [0.15, 0.2) is 0 Å². The lowest BCUT2D eigenvalue weighted by Crippen LogP contribution is -2.13. The summed E-state index contributed by atoms with van der Waals surface area (Å²) < 4.78 is 47.4. The molecule has 0 bridgehead atoms. The summed E-state index contributed by atoms with van der Waals surface area (Å²) in [5.41, 5.74) is 1.39. The van der Waals surface area contributed by atoms with Crippen molar-refractivity contribution >= 4 is 21.4 Å². The number of alkyl halides is 2. The molecule has 0 unspecified atom stereocenters. The van der Waals surface area contributed by atoms with E-state index in [1.54, 1.807) is 0 Å². The number of anilines is 1. The summed E-state index contributed by atoms with van der Waals surface area (Å²) >= 11 is 0. The maximum Gasteiger partial charge on any atom is 0.341 e. The van der Waals surface area contributed by atoms with Gasteiger partial charge in [-0.15, -0.1) is 0 Å². The largest absolute Gasteiger partial charge is 0.341 e. The van der Waals surface area contributed by atoms with E-state index in [9.17, 15) is 22.0 Å². The number of nitrogens with one attached hydrogen (secondary N) is 1. The molecule has 7 heteroatoms. The summed E-state index contributed by atoms with van der Waals surface area (Å²) in [6.07, 6.45) is 0.839. The molecule has 0 atom stereocenters. The van der Waals surface area contributed by atoms with E-state index in [-0.39, 0.29) is 12.3 Å². The number of carbonyl (C=O) groups excluding carboxylic acids is 1. The standard InChI is InChI=1S/C16H15F2NO3S/c17-16(18)23(21,22)14-9-7-13(8-10-14)19-15(20)11-6-12-4-2-1-3-5-12/h1-5,7-10,16H,6,11H2,(H,19,20). The van der Waals surface area contributed by atoms with E-state index in [2.05, 4.69) is 5.32 Å². The van der Waals surface area contributed by atoms with E-state index in [1.807, 2.05) is 30.3 Å². The molecule has 0 saturated carbocycles. The Balaban J connectivity index is 1.94. The highest BCUT2D eigenvalue weighted by atomic mass is 32.2. The molecular formula is C16H15F2NO3S. The Labute approximate surface area is 133 Å². The van der Waals surface area contributed by atoms with Gasteiger partial charge in [-0.1, -0.05) is 30.3 Å². The molecule has 0 aliphatic heterocycles. The van der Waals surface area contributed by atoms with Crippen LogP contribution in [0, 0.1) is 0 Å². The van der Waals surface area contributed by atoms with Crippen molar-refractivity contribution in [3.63, 3.8) is 0 Å². The Morgan fingerprint density at radius 1 is 1.00 bits per heavy atom. The monoisotopic (exact) mass is 339 g/mol. The van der Waals surface area contributed by atoms with E-state index < -0.39 is 20.5 Å². The van der Waals surface area contributed by atoms with Crippen LogP contribution in [0.1, 0.15) is 12.0 Å². The van der Waals surface area contributed by atoms with Crippen LogP contribution in [0.2, 0.25) is 0 Å². The molecule has 2 rings (SSSR count). The van der Waals surface area contributed by atoms with Crippen molar-refractivity contribution in [2.45, 2.75) is 23.5 Å². The number of sulfone groups is 1. The number of hydrogen-bond donors (Lipinski definition) is 1. The normalized spacial score (nSPS) is 11.4. The first-order valence-corrected chi connectivity index (χ1v) is 8.40. The molecule has 23 heavy (non-hydrogen) atoms. The summed E-state index contributed by atoms with van der Waals surface area (Å²) in [6.45, 7) is 0. The SMILES string of the molecule is O=C(CCc1ccccc1)Nc1ccc(S(=O)(=O)C(F)F)cc1. The molecule has 0 fully saturated rings. The third-order valence-corrected chi connectivity index (χ3v) is 4.58. The molecule has 122 valence electrons. The summed E-state index contributed by atoms with van der Waals surface area (Å²) in [4.78, 5) is 11.3. The van der Waals surface area contributed by atoms with Gasteiger partial charge in [-0.3, -0.25) is 4.79 Å². The maximum absolute atomic E-state index is 12.4. The fourth-order valence-corrected chi connectivity index (χ4v) is 2.68. The highest BCUT2D eigenvalue weighted by Crippen LogP contribution is 2.20. The van der Waals surface area contributed by atoms with Crippen LogP contribution in [0.3, 0.4) is 0 Å². The van der Waals surface area contributed by atoms with E-state index in [0.717, 1.165) is 17.7 Å². The molecule has 2 aromatic carbocycles. The minimum Gasteiger partial charge on any atom is -0.326 e. The Morgan fingerprint density at radius 3 is 2.17 bits per heavy atom.